The van der Waals surface area contributed by atoms with Crippen LogP contribution in [-0.2, 0) is 23.8 Å². The predicted octanol–water partition coefficient (Wildman–Crippen LogP) is 6.25. The van der Waals surface area contributed by atoms with Gasteiger partial charge in [0, 0.05) is 35.4 Å². The van der Waals surface area contributed by atoms with Gasteiger partial charge in [-0.1, -0.05) is 67.6 Å². The molecule has 2 aliphatic rings. The normalized spacial score (nSPS) is 22.0. The first-order chi connectivity index (χ1) is 16.7. The molecule has 0 spiro atoms. The molecule has 178 valence electrons. The Bertz CT molecular complexity index is 1500. The van der Waals surface area contributed by atoms with Crippen molar-refractivity contribution < 1.29 is 0 Å². The highest BCUT2D eigenvalue weighted by Crippen LogP contribution is 2.62. The minimum absolute atomic E-state index is 0.277. The van der Waals surface area contributed by atoms with Crippen molar-refractivity contribution in [2.24, 2.45) is 4.99 Å². The minimum atomic E-state index is -2.68. The van der Waals surface area contributed by atoms with E-state index in [1.54, 1.807) is 4.68 Å². The zero-order valence-electron chi connectivity index (χ0n) is 20.1. The third kappa shape index (κ3) is 3.63. The average molecular weight is 521 g/mol. The molecule has 0 bridgehead atoms. The smallest absolute Gasteiger partial charge is 0.161 e. The fourth-order valence-electron chi connectivity index (χ4n) is 5.19. The highest BCUT2D eigenvalue weighted by Gasteiger charge is 2.45. The number of aromatic nitrogens is 2. The van der Waals surface area contributed by atoms with Crippen molar-refractivity contribution >= 4 is 58.3 Å². The van der Waals surface area contributed by atoms with Crippen LogP contribution in [0.4, 0.5) is 17.2 Å². The van der Waals surface area contributed by atoms with E-state index < -0.39 is 6.19 Å². The third-order valence-electron chi connectivity index (χ3n) is 6.73. The van der Waals surface area contributed by atoms with Crippen LogP contribution in [0.5, 0.6) is 0 Å². The Morgan fingerprint density at radius 2 is 1.89 bits per heavy atom. The van der Waals surface area contributed by atoms with Crippen LogP contribution in [0.25, 0.3) is 0 Å². The van der Waals surface area contributed by atoms with Crippen LogP contribution in [-0.4, -0.2) is 23.0 Å². The zero-order valence-corrected chi connectivity index (χ0v) is 22.5. The quantitative estimate of drug-likeness (QED) is 0.412. The van der Waals surface area contributed by atoms with Crippen LogP contribution < -0.4 is 15.3 Å². The number of likely N-dealkylation sites (N-methyl/N-ethyl adjacent to an activating group) is 1. The molecule has 0 fully saturated rings. The summed E-state index contributed by atoms with van der Waals surface area (Å²) in [5.41, 5.74) is 4.88. The first-order valence-corrected chi connectivity index (χ1v) is 14.6. The SMILES string of the molecule is Cc1nn(CCC#N)c2c1P(=S)(Nc1ccccc1Cl)/C(=C1/N(C)c3ccccc3C1(C)C)C=N2. The van der Waals surface area contributed by atoms with Gasteiger partial charge in [0.2, 0.25) is 0 Å². The van der Waals surface area contributed by atoms with E-state index in [2.05, 4.69) is 61.2 Å². The summed E-state index contributed by atoms with van der Waals surface area (Å²) in [6, 6.07) is 18.3. The maximum atomic E-state index is 9.14. The topological polar surface area (TPSA) is 69.2 Å². The van der Waals surface area contributed by atoms with Crippen molar-refractivity contribution in [2.75, 3.05) is 17.0 Å². The number of nitrogens with one attached hydrogen (secondary N) is 1. The van der Waals surface area contributed by atoms with Crippen molar-refractivity contribution in [1.82, 2.24) is 9.78 Å². The maximum absolute atomic E-state index is 9.14. The number of rotatable bonds is 4. The minimum Gasteiger partial charge on any atom is -0.349 e. The Balaban J connectivity index is 1.79. The molecule has 5 rings (SSSR count). The molecule has 35 heavy (non-hydrogen) atoms. The molecule has 0 saturated heterocycles. The molecule has 9 heteroatoms. The van der Waals surface area contributed by atoms with Gasteiger partial charge in [0.25, 0.3) is 0 Å². The van der Waals surface area contributed by atoms with E-state index in [4.69, 9.17) is 38.8 Å². The van der Waals surface area contributed by atoms with E-state index in [-0.39, 0.29) is 5.41 Å². The molecule has 2 aromatic carbocycles. The van der Waals surface area contributed by atoms with Gasteiger partial charge in [-0.25, -0.2) is 9.67 Å². The van der Waals surface area contributed by atoms with Gasteiger partial charge in [-0.3, -0.25) is 0 Å². The Kier molecular flexibility index (Phi) is 5.88. The number of para-hydroxylation sites is 2. The molecule has 0 saturated carbocycles. The van der Waals surface area contributed by atoms with E-state index in [0.29, 0.717) is 18.0 Å². The third-order valence-corrected chi connectivity index (χ3v) is 11.2. The Morgan fingerprint density at radius 3 is 2.60 bits per heavy atom. The summed E-state index contributed by atoms with van der Waals surface area (Å²) in [6.45, 7) is 6.91. The van der Waals surface area contributed by atoms with E-state index in [9.17, 15) is 0 Å². The fourth-order valence-corrected chi connectivity index (χ4v) is 9.69. The number of nitrogens with zero attached hydrogens (tertiary/aromatic N) is 5. The van der Waals surface area contributed by atoms with Crippen LogP contribution in [0.3, 0.4) is 0 Å². The summed E-state index contributed by atoms with van der Waals surface area (Å²) in [4.78, 5) is 7.13. The molecule has 1 aromatic heterocycles. The van der Waals surface area contributed by atoms with Crippen molar-refractivity contribution in [3.05, 3.63) is 75.8 Å². The van der Waals surface area contributed by atoms with Crippen LogP contribution >= 0.6 is 17.8 Å². The Hall–Kier alpha value is -2.91. The molecule has 0 amide bonds. The first kappa shape index (κ1) is 23.8. The second-order valence-corrected chi connectivity index (χ2v) is 13.7. The molecular weight excluding hydrogens is 495 g/mol. The van der Waals surface area contributed by atoms with Gasteiger partial charge in [-0.2, -0.15) is 10.4 Å². The second-order valence-electron chi connectivity index (χ2n) is 9.28. The molecule has 3 aromatic rings. The van der Waals surface area contributed by atoms with E-state index in [1.165, 1.54) is 11.3 Å². The first-order valence-electron chi connectivity index (χ1n) is 11.4. The van der Waals surface area contributed by atoms with Gasteiger partial charge >= 0.3 is 0 Å². The number of aryl methyl sites for hydroxylation is 2. The lowest BCUT2D eigenvalue weighted by atomic mass is 9.84. The molecule has 1 atom stereocenters. The van der Waals surface area contributed by atoms with Gasteiger partial charge in [0.15, 0.2) is 5.82 Å². The molecule has 2 aliphatic heterocycles. The monoisotopic (exact) mass is 520 g/mol. The second kappa shape index (κ2) is 8.64. The number of fused-ring (bicyclic) bond motifs is 2. The number of benzene rings is 2. The van der Waals surface area contributed by atoms with Crippen LogP contribution in [0.2, 0.25) is 5.02 Å². The number of halogens is 1. The largest absolute Gasteiger partial charge is 0.349 e. The van der Waals surface area contributed by atoms with Crippen molar-refractivity contribution in [1.29, 1.82) is 5.26 Å². The zero-order chi connectivity index (χ0) is 25.0. The summed E-state index contributed by atoms with van der Waals surface area (Å²) < 4.78 is 1.80. The Labute approximate surface area is 216 Å². The maximum Gasteiger partial charge on any atom is 0.161 e. The predicted molar refractivity (Wildman–Crippen MR) is 149 cm³/mol. The van der Waals surface area contributed by atoms with Crippen LogP contribution in [0, 0.1) is 18.3 Å². The summed E-state index contributed by atoms with van der Waals surface area (Å²) >= 11 is 13.2. The number of hydrogen-bond donors (Lipinski definition) is 1. The molecule has 0 aliphatic carbocycles. The standard InChI is InChI=1S/C26H26ClN6PS/c1-17-23-25(33(30-17)15-9-14-28)29-16-22(34(23,35)31-20-12-7-6-11-19(20)27)24-26(2,3)18-10-5-8-13-21(18)32(24)4/h5-8,10-13,16H,9,15H2,1-4H3,(H,31,35)/b24-22+. The summed E-state index contributed by atoms with van der Waals surface area (Å²) in [5, 5.41) is 20.1. The number of allylic oxidation sites excluding steroid dienone is 2. The molecule has 1 N–H and O–H groups in total. The van der Waals surface area contributed by atoms with Gasteiger partial charge in [0.05, 0.1) is 46.9 Å². The van der Waals surface area contributed by atoms with Gasteiger partial charge in [0.1, 0.15) is 0 Å². The molecular formula is C26H26ClN6PS. The fraction of sp³-hybridized carbons (Fsp3) is 0.269. The number of aliphatic imine (C=N–C) groups is 1. The molecule has 1 unspecified atom stereocenters. The summed E-state index contributed by atoms with van der Waals surface area (Å²) in [5.74, 6) is 0.723. The van der Waals surface area contributed by atoms with Gasteiger partial charge in [-0.15, -0.1) is 0 Å². The molecule has 3 heterocycles. The Morgan fingerprint density at radius 1 is 1.17 bits per heavy atom. The van der Waals surface area contributed by atoms with Gasteiger partial charge < -0.3 is 9.99 Å². The van der Waals surface area contributed by atoms with Crippen LogP contribution in [0.15, 0.2) is 64.5 Å². The van der Waals surface area contributed by atoms with Gasteiger partial charge in [-0.05, 0) is 30.7 Å². The van der Waals surface area contributed by atoms with E-state index >= 15 is 0 Å². The highest BCUT2D eigenvalue weighted by atomic mass is 35.5. The van der Waals surface area contributed by atoms with Crippen LogP contribution in [0.1, 0.15) is 31.5 Å². The molecule has 0 radical (unpaired) electrons. The lowest BCUT2D eigenvalue weighted by molar-refractivity contribution is 0.626. The van der Waals surface area contributed by atoms with Crippen molar-refractivity contribution in [2.45, 2.75) is 39.2 Å². The lowest BCUT2D eigenvalue weighted by Gasteiger charge is -2.35. The number of nitriles is 1. The summed E-state index contributed by atoms with van der Waals surface area (Å²) in [7, 11) is 2.09. The summed E-state index contributed by atoms with van der Waals surface area (Å²) in [6.07, 6.45) is -0.422. The lowest BCUT2D eigenvalue weighted by Crippen LogP contribution is -2.29. The number of anilines is 2. The van der Waals surface area contributed by atoms with E-state index in [1.807, 2.05) is 37.4 Å². The molecule has 6 nitrogen and oxygen atoms in total. The van der Waals surface area contributed by atoms with E-state index in [0.717, 1.165) is 33.5 Å². The average Bonchev–Trinajstić information content (AvgIpc) is 3.26. The van der Waals surface area contributed by atoms with Crippen molar-refractivity contribution in [3.63, 3.8) is 0 Å². The van der Waals surface area contributed by atoms with Crippen molar-refractivity contribution in [3.8, 4) is 6.07 Å². The number of hydrogen-bond acceptors (Lipinski definition) is 5. The highest BCUT2D eigenvalue weighted by molar-refractivity contribution is 8.21.